The standard InChI is InChI=1S/C17H22N2O2/c20-19(21)16-3-1-2-11(9-16)10-18-17-14-5-12-4-13(7-14)8-15(17)6-12/h1-3,9,12-15,17-18H,4-8,10H2/t12-,13-,14-,15+,17?. The number of rotatable bonds is 4. The number of nitrogens with zero attached hydrogens (tertiary/aromatic N) is 1. The first-order valence-electron chi connectivity index (χ1n) is 8.16. The van der Waals surface area contributed by atoms with E-state index in [1.54, 1.807) is 18.2 Å². The van der Waals surface area contributed by atoms with Crippen LogP contribution < -0.4 is 5.32 Å². The number of benzene rings is 1. The summed E-state index contributed by atoms with van der Waals surface area (Å²) in [6.45, 7) is 0.759. The van der Waals surface area contributed by atoms with Crippen LogP contribution in [0.3, 0.4) is 0 Å². The molecule has 4 saturated carbocycles. The molecule has 5 rings (SSSR count). The van der Waals surface area contributed by atoms with Crippen molar-refractivity contribution in [3.05, 3.63) is 39.9 Å². The van der Waals surface area contributed by atoms with Gasteiger partial charge in [-0.25, -0.2) is 0 Å². The predicted molar refractivity (Wildman–Crippen MR) is 80.8 cm³/mol. The van der Waals surface area contributed by atoms with Gasteiger partial charge in [-0.05, 0) is 61.3 Å². The lowest BCUT2D eigenvalue weighted by Gasteiger charge is -2.54. The number of hydrogen-bond acceptors (Lipinski definition) is 3. The fourth-order valence-corrected chi connectivity index (χ4v) is 5.27. The van der Waals surface area contributed by atoms with Crippen molar-refractivity contribution in [1.82, 2.24) is 5.32 Å². The highest BCUT2D eigenvalue weighted by atomic mass is 16.6. The molecule has 0 amide bonds. The van der Waals surface area contributed by atoms with Crippen LogP contribution in [0.25, 0.3) is 0 Å². The molecule has 4 heteroatoms. The highest BCUT2D eigenvalue weighted by molar-refractivity contribution is 5.34. The molecule has 4 aliphatic carbocycles. The molecule has 0 aliphatic heterocycles. The lowest BCUT2D eigenvalue weighted by Crippen LogP contribution is -2.54. The lowest BCUT2D eigenvalue weighted by atomic mass is 9.54. The van der Waals surface area contributed by atoms with Gasteiger partial charge in [-0.2, -0.15) is 0 Å². The first-order valence-corrected chi connectivity index (χ1v) is 8.16. The third-order valence-electron chi connectivity index (χ3n) is 5.89. The number of non-ortho nitro benzene ring substituents is 1. The van der Waals surface area contributed by atoms with Gasteiger partial charge in [0.15, 0.2) is 0 Å². The third kappa shape index (κ3) is 2.46. The fourth-order valence-electron chi connectivity index (χ4n) is 5.27. The van der Waals surface area contributed by atoms with Crippen molar-refractivity contribution in [2.75, 3.05) is 0 Å². The summed E-state index contributed by atoms with van der Waals surface area (Å²) in [4.78, 5) is 10.5. The Morgan fingerprint density at radius 2 is 1.76 bits per heavy atom. The number of nitrogens with one attached hydrogen (secondary N) is 1. The SMILES string of the molecule is O=[N+]([O-])c1cccc(CNC2[C@H]3C[C@H]4C[C@H](C3)C[C@H]2C4)c1. The van der Waals surface area contributed by atoms with Gasteiger partial charge in [0.1, 0.15) is 0 Å². The minimum Gasteiger partial charge on any atom is -0.309 e. The Morgan fingerprint density at radius 3 is 2.38 bits per heavy atom. The van der Waals surface area contributed by atoms with E-state index in [1.165, 1.54) is 32.1 Å². The second-order valence-corrected chi connectivity index (χ2v) is 7.26. The smallest absolute Gasteiger partial charge is 0.269 e. The van der Waals surface area contributed by atoms with E-state index in [2.05, 4.69) is 5.32 Å². The Balaban J connectivity index is 1.43. The Bertz CT molecular complexity index is 529. The summed E-state index contributed by atoms with van der Waals surface area (Å²) in [5.41, 5.74) is 1.22. The molecule has 4 bridgehead atoms. The van der Waals surface area contributed by atoms with E-state index in [-0.39, 0.29) is 10.6 Å². The maximum Gasteiger partial charge on any atom is 0.269 e. The molecule has 21 heavy (non-hydrogen) atoms. The topological polar surface area (TPSA) is 55.2 Å². The number of nitro benzene ring substituents is 1. The molecule has 0 atom stereocenters. The first-order chi connectivity index (χ1) is 10.2. The van der Waals surface area contributed by atoms with E-state index in [0.717, 1.165) is 35.8 Å². The summed E-state index contributed by atoms with van der Waals surface area (Å²) in [6.07, 6.45) is 7.09. The minimum absolute atomic E-state index is 0.194. The third-order valence-corrected chi connectivity index (χ3v) is 5.89. The van der Waals surface area contributed by atoms with Crippen molar-refractivity contribution in [3.63, 3.8) is 0 Å². The zero-order valence-electron chi connectivity index (χ0n) is 12.2. The number of hydrogen-bond donors (Lipinski definition) is 1. The van der Waals surface area contributed by atoms with Crippen LogP contribution >= 0.6 is 0 Å². The van der Waals surface area contributed by atoms with Crippen LogP contribution in [-0.4, -0.2) is 11.0 Å². The van der Waals surface area contributed by atoms with E-state index < -0.39 is 0 Å². The molecule has 4 fully saturated rings. The Hall–Kier alpha value is -1.42. The number of nitro groups is 1. The van der Waals surface area contributed by atoms with Gasteiger partial charge in [-0.1, -0.05) is 12.1 Å². The maximum absolute atomic E-state index is 10.8. The molecule has 0 spiro atoms. The molecule has 1 aromatic rings. The summed E-state index contributed by atoms with van der Waals surface area (Å²) >= 11 is 0. The van der Waals surface area contributed by atoms with Crippen molar-refractivity contribution < 1.29 is 4.92 Å². The summed E-state index contributed by atoms with van der Waals surface area (Å²) in [6, 6.07) is 7.66. The second-order valence-electron chi connectivity index (χ2n) is 7.26. The van der Waals surface area contributed by atoms with Crippen molar-refractivity contribution in [2.45, 2.75) is 44.7 Å². The van der Waals surface area contributed by atoms with Gasteiger partial charge in [0.2, 0.25) is 0 Å². The predicted octanol–water partition coefficient (Wildman–Crippen LogP) is 3.51. The van der Waals surface area contributed by atoms with Crippen molar-refractivity contribution in [2.24, 2.45) is 23.7 Å². The average molecular weight is 286 g/mol. The van der Waals surface area contributed by atoms with Crippen LogP contribution in [0.4, 0.5) is 5.69 Å². The van der Waals surface area contributed by atoms with Crippen molar-refractivity contribution >= 4 is 5.69 Å². The van der Waals surface area contributed by atoms with Gasteiger partial charge >= 0.3 is 0 Å². The summed E-state index contributed by atoms with van der Waals surface area (Å²) in [7, 11) is 0. The van der Waals surface area contributed by atoms with E-state index in [1.807, 2.05) is 6.07 Å². The molecular formula is C17H22N2O2. The Labute approximate surface area is 125 Å². The van der Waals surface area contributed by atoms with E-state index in [9.17, 15) is 10.1 Å². The van der Waals surface area contributed by atoms with Crippen LogP contribution in [0, 0.1) is 33.8 Å². The average Bonchev–Trinajstić information content (AvgIpc) is 2.46. The molecule has 0 heterocycles. The molecule has 112 valence electrons. The summed E-state index contributed by atoms with van der Waals surface area (Å²) < 4.78 is 0. The minimum atomic E-state index is -0.313. The second kappa shape index (κ2) is 5.09. The molecule has 1 aromatic carbocycles. The van der Waals surface area contributed by atoms with E-state index >= 15 is 0 Å². The quantitative estimate of drug-likeness (QED) is 0.680. The van der Waals surface area contributed by atoms with Crippen LogP contribution in [0.1, 0.15) is 37.7 Å². The Morgan fingerprint density at radius 1 is 1.10 bits per heavy atom. The lowest BCUT2D eigenvalue weighted by molar-refractivity contribution is -0.384. The maximum atomic E-state index is 10.8. The van der Waals surface area contributed by atoms with Crippen molar-refractivity contribution in [3.8, 4) is 0 Å². The zero-order chi connectivity index (χ0) is 14.4. The van der Waals surface area contributed by atoms with Crippen LogP contribution in [-0.2, 0) is 6.54 Å². The Kier molecular flexibility index (Phi) is 3.21. The molecule has 4 nitrogen and oxygen atoms in total. The van der Waals surface area contributed by atoms with Gasteiger partial charge in [-0.3, -0.25) is 10.1 Å². The largest absolute Gasteiger partial charge is 0.309 e. The molecule has 0 saturated heterocycles. The van der Waals surface area contributed by atoms with Gasteiger partial charge in [0, 0.05) is 24.7 Å². The van der Waals surface area contributed by atoms with Gasteiger partial charge < -0.3 is 5.32 Å². The molecule has 4 aliphatic rings. The summed E-state index contributed by atoms with van der Waals surface area (Å²) in [5, 5.41) is 14.6. The molecule has 0 radical (unpaired) electrons. The first kappa shape index (κ1) is 13.3. The molecular weight excluding hydrogens is 264 g/mol. The van der Waals surface area contributed by atoms with Crippen LogP contribution in [0.5, 0.6) is 0 Å². The highest BCUT2D eigenvalue weighted by Crippen LogP contribution is 2.53. The molecule has 0 unspecified atom stereocenters. The normalized spacial score (nSPS) is 36.9. The highest BCUT2D eigenvalue weighted by Gasteiger charge is 2.47. The molecule has 0 aromatic heterocycles. The van der Waals surface area contributed by atoms with Crippen LogP contribution in [0.2, 0.25) is 0 Å². The van der Waals surface area contributed by atoms with Crippen LogP contribution in [0.15, 0.2) is 24.3 Å². The van der Waals surface area contributed by atoms with Gasteiger partial charge in [0.05, 0.1) is 4.92 Å². The zero-order valence-corrected chi connectivity index (χ0v) is 12.2. The summed E-state index contributed by atoms with van der Waals surface area (Å²) in [5.74, 6) is 3.67. The fraction of sp³-hybridized carbons (Fsp3) is 0.647. The van der Waals surface area contributed by atoms with E-state index in [4.69, 9.17) is 0 Å². The van der Waals surface area contributed by atoms with Gasteiger partial charge in [0.25, 0.3) is 5.69 Å². The van der Waals surface area contributed by atoms with Crippen molar-refractivity contribution in [1.29, 1.82) is 0 Å². The van der Waals surface area contributed by atoms with Gasteiger partial charge in [-0.15, -0.1) is 0 Å². The molecule has 1 N–H and O–H groups in total. The monoisotopic (exact) mass is 286 g/mol. The van der Waals surface area contributed by atoms with E-state index in [0.29, 0.717) is 6.04 Å².